The fourth-order valence-corrected chi connectivity index (χ4v) is 5.16. The van der Waals surface area contributed by atoms with E-state index in [1.807, 2.05) is 6.07 Å². The van der Waals surface area contributed by atoms with Crippen molar-refractivity contribution < 1.29 is 14.1 Å². The first-order chi connectivity index (χ1) is 13.1. The first-order valence-corrected chi connectivity index (χ1v) is 10.5. The molecule has 27 heavy (non-hydrogen) atoms. The molecular weight excluding hydrogens is 364 g/mol. The van der Waals surface area contributed by atoms with Crippen molar-refractivity contribution in [1.82, 2.24) is 20.4 Å². The van der Waals surface area contributed by atoms with Crippen LogP contribution in [0, 0.1) is 0 Å². The minimum atomic E-state index is -0.208. The van der Waals surface area contributed by atoms with Gasteiger partial charge in [-0.3, -0.25) is 4.79 Å². The Bertz CT molecular complexity index is 849. The van der Waals surface area contributed by atoms with Crippen LogP contribution in [0.15, 0.2) is 10.6 Å². The second-order valence-electron chi connectivity index (χ2n) is 7.85. The fourth-order valence-electron chi connectivity index (χ4n) is 4.01. The molecule has 2 aromatic heterocycles. The van der Waals surface area contributed by atoms with Crippen LogP contribution in [-0.4, -0.2) is 47.7 Å². The third-order valence-corrected chi connectivity index (χ3v) is 7.05. The normalized spacial score (nSPS) is 22.0. The second kappa shape index (κ2) is 6.68. The van der Waals surface area contributed by atoms with Gasteiger partial charge in [-0.1, -0.05) is 5.16 Å². The van der Waals surface area contributed by atoms with Crippen LogP contribution < -0.4 is 5.32 Å². The maximum atomic E-state index is 12.7. The van der Waals surface area contributed by atoms with Crippen LogP contribution in [-0.2, 0) is 23.3 Å². The van der Waals surface area contributed by atoms with E-state index >= 15 is 0 Å². The van der Waals surface area contributed by atoms with E-state index in [0.717, 1.165) is 62.5 Å². The minimum absolute atomic E-state index is 0.0800. The molecule has 0 radical (unpaired) electrons. The maximum Gasteiger partial charge on any atom is 0.261 e. The number of amides is 1. The van der Waals surface area contributed by atoms with Crippen LogP contribution in [0.3, 0.4) is 0 Å². The average molecular weight is 388 g/mol. The highest BCUT2D eigenvalue weighted by Crippen LogP contribution is 2.44. The molecule has 144 valence electrons. The molecule has 4 heterocycles. The molecule has 1 saturated carbocycles. The van der Waals surface area contributed by atoms with Crippen molar-refractivity contribution in [3.8, 4) is 0 Å². The van der Waals surface area contributed by atoms with Crippen LogP contribution in [0.5, 0.6) is 0 Å². The topological polar surface area (TPSA) is 80.5 Å². The van der Waals surface area contributed by atoms with Crippen molar-refractivity contribution in [2.24, 2.45) is 0 Å². The number of fused-ring (bicyclic) bond motifs is 2. The van der Waals surface area contributed by atoms with Gasteiger partial charge < -0.3 is 19.5 Å². The van der Waals surface area contributed by atoms with Gasteiger partial charge in [0, 0.05) is 30.3 Å². The third kappa shape index (κ3) is 3.30. The van der Waals surface area contributed by atoms with Gasteiger partial charge in [-0.2, -0.15) is 4.98 Å². The van der Waals surface area contributed by atoms with Gasteiger partial charge in [0.1, 0.15) is 0 Å². The lowest BCUT2D eigenvalue weighted by Gasteiger charge is -2.43. The Labute approximate surface area is 162 Å². The van der Waals surface area contributed by atoms with E-state index in [4.69, 9.17) is 9.26 Å². The van der Waals surface area contributed by atoms with Gasteiger partial charge in [0.05, 0.1) is 23.6 Å². The minimum Gasteiger partial charge on any atom is -0.370 e. The first kappa shape index (κ1) is 17.3. The molecule has 2 aromatic rings. The number of nitrogens with zero attached hydrogens (tertiary/aromatic N) is 3. The number of hydrogen-bond acceptors (Lipinski definition) is 7. The lowest BCUT2D eigenvalue weighted by atomic mass is 9.82. The summed E-state index contributed by atoms with van der Waals surface area (Å²) < 4.78 is 11.5. The molecule has 1 spiro atoms. The zero-order chi connectivity index (χ0) is 18.4. The Morgan fingerprint density at radius 1 is 1.41 bits per heavy atom. The van der Waals surface area contributed by atoms with Crippen molar-refractivity contribution in [2.45, 2.75) is 50.2 Å². The zero-order valence-corrected chi connectivity index (χ0v) is 16.3. The largest absolute Gasteiger partial charge is 0.370 e. The molecule has 1 amide bonds. The van der Waals surface area contributed by atoms with Crippen molar-refractivity contribution >= 4 is 17.2 Å². The molecule has 2 fully saturated rings. The quantitative estimate of drug-likeness (QED) is 0.867. The van der Waals surface area contributed by atoms with Crippen molar-refractivity contribution in [1.29, 1.82) is 0 Å². The molecule has 1 aliphatic carbocycles. The maximum absolute atomic E-state index is 12.7. The van der Waals surface area contributed by atoms with Crippen LogP contribution in [0.25, 0.3) is 0 Å². The van der Waals surface area contributed by atoms with E-state index < -0.39 is 0 Å². The number of hydrogen-bond donors (Lipinski definition) is 1. The molecule has 0 unspecified atom stereocenters. The van der Waals surface area contributed by atoms with Crippen LogP contribution in [0.1, 0.15) is 63.4 Å². The molecule has 1 saturated heterocycles. The predicted octanol–water partition coefficient (Wildman–Crippen LogP) is 2.43. The van der Waals surface area contributed by atoms with Gasteiger partial charge >= 0.3 is 0 Å². The SMILES string of the molecule is CN1CCC2(CC1)OCCc1sc(C(=O)NCc3nc(C4CC4)no3)cc12. The Morgan fingerprint density at radius 3 is 3.00 bits per heavy atom. The van der Waals surface area contributed by atoms with E-state index in [-0.39, 0.29) is 18.1 Å². The van der Waals surface area contributed by atoms with Gasteiger partial charge in [-0.15, -0.1) is 11.3 Å². The fraction of sp³-hybridized carbons (Fsp3) is 0.632. The van der Waals surface area contributed by atoms with E-state index in [9.17, 15) is 4.79 Å². The molecule has 0 aromatic carbocycles. The van der Waals surface area contributed by atoms with Crippen molar-refractivity contribution in [2.75, 3.05) is 26.7 Å². The highest BCUT2D eigenvalue weighted by molar-refractivity contribution is 7.14. The third-order valence-electron chi connectivity index (χ3n) is 5.85. The van der Waals surface area contributed by atoms with E-state index in [1.165, 1.54) is 10.4 Å². The Morgan fingerprint density at radius 2 is 2.22 bits per heavy atom. The molecule has 0 bridgehead atoms. The summed E-state index contributed by atoms with van der Waals surface area (Å²) in [6.07, 6.45) is 5.12. The summed E-state index contributed by atoms with van der Waals surface area (Å²) in [6, 6.07) is 2.04. The monoisotopic (exact) mass is 388 g/mol. The number of rotatable bonds is 4. The van der Waals surface area contributed by atoms with Crippen LogP contribution in [0.2, 0.25) is 0 Å². The second-order valence-corrected chi connectivity index (χ2v) is 8.98. The smallest absolute Gasteiger partial charge is 0.261 e. The molecule has 5 rings (SSSR count). The number of ether oxygens (including phenoxy) is 1. The molecule has 1 N–H and O–H groups in total. The number of nitrogens with one attached hydrogen (secondary N) is 1. The number of carbonyl (C=O) groups is 1. The van der Waals surface area contributed by atoms with Gasteiger partial charge in [0.2, 0.25) is 5.89 Å². The summed E-state index contributed by atoms with van der Waals surface area (Å²) in [7, 11) is 2.15. The summed E-state index contributed by atoms with van der Waals surface area (Å²) in [5.41, 5.74) is 1.02. The predicted molar refractivity (Wildman–Crippen MR) is 99.8 cm³/mol. The Kier molecular flexibility index (Phi) is 4.29. The summed E-state index contributed by atoms with van der Waals surface area (Å²) in [5.74, 6) is 1.62. The molecule has 8 heteroatoms. The number of piperidine rings is 1. The van der Waals surface area contributed by atoms with Crippen LogP contribution in [0.4, 0.5) is 0 Å². The molecule has 2 aliphatic heterocycles. The van der Waals surface area contributed by atoms with E-state index in [0.29, 0.717) is 11.8 Å². The van der Waals surface area contributed by atoms with Crippen molar-refractivity contribution in [3.63, 3.8) is 0 Å². The summed E-state index contributed by atoms with van der Waals surface area (Å²) >= 11 is 1.59. The number of likely N-dealkylation sites (tertiary alicyclic amines) is 1. The van der Waals surface area contributed by atoms with E-state index in [1.54, 1.807) is 11.3 Å². The van der Waals surface area contributed by atoms with Gasteiger partial charge in [0.15, 0.2) is 5.82 Å². The molecule has 7 nitrogen and oxygen atoms in total. The standard InChI is InChI=1S/C19H24N4O3S/c1-23-7-5-19(6-8-23)13-10-15(27-14(13)4-9-25-19)18(24)20-11-16-21-17(22-26-16)12-2-3-12/h10,12H,2-9,11H2,1H3,(H,20,24). The molecular formula is C19H24N4O3S. The highest BCUT2D eigenvalue weighted by atomic mass is 32.1. The first-order valence-electron chi connectivity index (χ1n) is 9.69. The Balaban J connectivity index is 1.29. The lowest BCUT2D eigenvalue weighted by molar-refractivity contribution is -0.0942. The number of aromatic nitrogens is 2. The zero-order valence-electron chi connectivity index (χ0n) is 15.5. The summed E-state index contributed by atoms with van der Waals surface area (Å²) in [6.45, 7) is 3.06. The van der Waals surface area contributed by atoms with E-state index in [2.05, 4.69) is 27.4 Å². The molecule has 3 aliphatic rings. The van der Waals surface area contributed by atoms with Gasteiger partial charge in [-0.05, 0) is 44.4 Å². The summed E-state index contributed by atoms with van der Waals surface area (Å²) in [4.78, 5) is 21.4. The Hall–Kier alpha value is -1.77. The summed E-state index contributed by atoms with van der Waals surface area (Å²) in [5, 5.41) is 6.91. The molecule has 0 atom stereocenters. The lowest BCUT2D eigenvalue weighted by Crippen LogP contribution is -2.44. The van der Waals surface area contributed by atoms with Crippen LogP contribution >= 0.6 is 11.3 Å². The van der Waals surface area contributed by atoms with Crippen molar-refractivity contribution in [3.05, 3.63) is 33.1 Å². The number of carbonyl (C=O) groups excluding carboxylic acids is 1. The average Bonchev–Trinajstić information content (AvgIpc) is 3.25. The highest BCUT2D eigenvalue weighted by Gasteiger charge is 2.41. The van der Waals surface area contributed by atoms with Gasteiger partial charge in [0.25, 0.3) is 5.91 Å². The number of thiophene rings is 1. The van der Waals surface area contributed by atoms with Gasteiger partial charge in [-0.25, -0.2) is 0 Å².